The molecule has 7 nitrogen and oxygen atoms in total. The molecule has 29 heavy (non-hydrogen) atoms. The fourth-order valence-corrected chi connectivity index (χ4v) is 4.73. The van der Waals surface area contributed by atoms with Crippen LogP contribution in [0.4, 0.5) is 0 Å². The third-order valence-electron chi connectivity index (χ3n) is 4.15. The van der Waals surface area contributed by atoms with Gasteiger partial charge < -0.3 is 14.5 Å². The summed E-state index contributed by atoms with van der Waals surface area (Å²) in [6, 6.07) is 7.93. The van der Waals surface area contributed by atoms with E-state index in [9.17, 15) is 8.42 Å². The van der Waals surface area contributed by atoms with Crippen LogP contribution in [-0.2, 0) is 23.2 Å². The maximum atomic E-state index is 13.0. The Balaban J connectivity index is 2.08. The number of nitrogens with zero attached hydrogens (tertiary/aromatic N) is 3. The van der Waals surface area contributed by atoms with Crippen LogP contribution in [0.5, 0.6) is 5.75 Å². The molecule has 2 aromatic heterocycles. The summed E-state index contributed by atoms with van der Waals surface area (Å²) in [5.74, 6) is 0.299. The van der Waals surface area contributed by atoms with E-state index in [0.717, 1.165) is 5.56 Å². The first-order chi connectivity index (χ1) is 13.7. The fraction of sp³-hybridized carbons (Fsp3) is 0.263. The van der Waals surface area contributed by atoms with Crippen LogP contribution in [-0.4, -0.2) is 23.0 Å². The molecule has 0 atom stereocenters. The third kappa shape index (κ3) is 4.90. The van der Waals surface area contributed by atoms with Crippen LogP contribution in [0.2, 0.25) is 10.0 Å². The van der Waals surface area contributed by atoms with Gasteiger partial charge in [-0.05, 0) is 29.7 Å². The molecule has 2 N–H and O–H groups in total. The lowest BCUT2D eigenvalue weighted by molar-refractivity contribution is 0.480. The standard InChI is InChI=1S/C19H20Cl2N4O3S/c1-12(2)18-19(29(26,27)28-16-8-14(20)7-15(21)9-16)24-17(10-22)25(18)11-13-3-5-23-6-4-13/h3-9,12H,10-11,22H2,1-2H3. The zero-order chi connectivity index (χ0) is 21.2. The van der Waals surface area contributed by atoms with Gasteiger partial charge in [-0.25, -0.2) is 4.98 Å². The summed E-state index contributed by atoms with van der Waals surface area (Å²) >= 11 is 11.9. The van der Waals surface area contributed by atoms with Crippen LogP contribution in [0.1, 0.15) is 36.8 Å². The van der Waals surface area contributed by atoms with Gasteiger partial charge in [0.15, 0.2) is 0 Å². The Morgan fingerprint density at radius 3 is 2.31 bits per heavy atom. The maximum absolute atomic E-state index is 13.0. The van der Waals surface area contributed by atoms with Crippen molar-refractivity contribution in [1.82, 2.24) is 14.5 Å². The van der Waals surface area contributed by atoms with Gasteiger partial charge in [0.2, 0.25) is 5.03 Å². The van der Waals surface area contributed by atoms with Crippen LogP contribution in [0.25, 0.3) is 0 Å². The molecule has 0 saturated heterocycles. The molecule has 0 aliphatic heterocycles. The number of rotatable bonds is 7. The van der Waals surface area contributed by atoms with E-state index in [0.29, 0.717) is 18.1 Å². The van der Waals surface area contributed by atoms with Gasteiger partial charge in [0.25, 0.3) is 0 Å². The molecule has 0 fully saturated rings. The minimum atomic E-state index is -4.24. The van der Waals surface area contributed by atoms with Crippen molar-refractivity contribution in [1.29, 1.82) is 0 Å². The number of nitrogens with two attached hydrogens (primary N) is 1. The molecule has 0 amide bonds. The number of halogens is 2. The van der Waals surface area contributed by atoms with Crippen LogP contribution in [0.3, 0.4) is 0 Å². The zero-order valence-electron chi connectivity index (χ0n) is 15.8. The lowest BCUT2D eigenvalue weighted by atomic mass is 10.1. The molecular formula is C19H20Cl2N4O3S. The summed E-state index contributed by atoms with van der Waals surface area (Å²) in [4.78, 5) is 8.31. The van der Waals surface area contributed by atoms with Gasteiger partial charge in [0.05, 0.1) is 12.2 Å². The topological polar surface area (TPSA) is 100 Å². The first kappa shape index (κ1) is 21.6. The summed E-state index contributed by atoms with van der Waals surface area (Å²) in [7, 11) is -4.24. The Bertz CT molecular complexity index is 1100. The van der Waals surface area contributed by atoms with E-state index in [-0.39, 0.29) is 33.3 Å². The maximum Gasteiger partial charge on any atom is 0.358 e. The summed E-state index contributed by atoms with van der Waals surface area (Å²) in [6.07, 6.45) is 3.35. The van der Waals surface area contributed by atoms with Gasteiger partial charge in [-0.3, -0.25) is 4.98 Å². The van der Waals surface area contributed by atoms with Crippen LogP contribution >= 0.6 is 23.2 Å². The minimum Gasteiger partial charge on any atom is -0.378 e. The molecule has 0 aliphatic carbocycles. The number of hydrogen-bond acceptors (Lipinski definition) is 6. The lowest BCUT2D eigenvalue weighted by Gasteiger charge is -2.15. The van der Waals surface area contributed by atoms with Crippen molar-refractivity contribution in [2.24, 2.45) is 5.73 Å². The average Bonchev–Trinajstić information content (AvgIpc) is 3.01. The first-order valence-electron chi connectivity index (χ1n) is 8.80. The van der Waals surface area contributed by atoms with Crippen LogP contribution in [0.15, 0.2) is 47.8 Å². The molecule has 154 valence electrons. The molecule has 0 saturated carbocycles. The molecule has 0 bridgehead atoms. The second kappa shape index (κ2) is 8.71. The first-order valence-corrected chi connectivity index (χ1v) is 11.0. The molecule has 3 aromatic rings. The number of aromatic nitrogens is 3. The van der Waals surface area contributed by atoms with Gasteiger partial charge in [-0.15, -0.1) is 0 Å². The highest BCUT2D eigenvalue weighted by molar-refractivity contribution is 7.87. The normalized spacial score (nSPS) is 11.8. The Labute approximate surface area is 179 Å². The van der Waals surface area contributed by atoms with Gasteiger partial charge in [0.1, 0.15) is 11.6 Å². The summed E-state index contributed by atoms with van der Waals surface area (Å²) in [5.41, 5.74) is 7.31. The molecule has 0 aliphatic rings. The predicted molar refractivity (Wildman–Crippen MR) is 112 cm³/mol. The highest BCUT2D eigenvalue weighted by atomic mass is 35.5. The Kier molecular flexibility index (Phi) is 6.48. The van der Waals surface area contributed by atoms with E-state index >= 15 is 0 Å². The van der Waals surface area contributed by atoms with Gasteiger partial charge in [-0.2, -0.15) is 8.42 Å². The van der Waals surface area contributed by atoms with Crippen molar-refractivity contribution < 1.29 is 12.6 Å². The van der Waals surface area contributed by atoms with Crippen molar-refractivity contribution in [2.45, 2.75) is 37.9 Å². The monoisotopic (exact) mass is 454 g/mol. The molecule has 0 unspecified atom stereocenters. The summed E-state index contributed by atoms with van der Waals surface area (Å²) in [5, 5.41) is 0.355. The fourth-order valence-electron chi connectivity index (χ4n) is 2.98. The SMILES string of the molecule is CC(C)c1c(S(=O)(=O)Oc2cc(Cl)cc(Cl)c2)nc(CN)n1Cc1ccncc1. The minimum absolute atomic E-state index is 0.00943. The molecule has 10 heteroatoms. The van der Waals surface area contributed by atoms with Gasteiger partial charge in [0, 0.05) is 41.1 Å². The highest BCUT2D eigenvalue weighted by Gasteiger charge is 2.30. The smallest absolute Gasteiger partial charge is 0.358 e. The number of pyridine rings is 1. The zero-order valence-corrected chi connectivity index (χ0v) is 18.2. The molecule has 2 heterocycles. The predicted octanol–water partition coefficient (Wildman–Crippen LogP) is 3.98. The van der Waals surface area contributed by atoms with Crippen molar-refractivity contribution in [3.8, 4) is 5.75 Å². The van der Waals surface area contributed by atoms with Crippen molar-refractivity contribution >= 4 is 33.3 Å². The summed E-state index contributed by atoms with van der Waals surface area (Å²) in [6.45, 7) is 4.25. The van der Waals surface area contributed by atoms with E-state index < -0.39 is 10.1 Å². The quantitative estimate of drug-likeness (QED) is 0.541. The third-order valence-corrected chi connectivity index (χ3v) is 5.77. The molecule has 3 rings (SSSR count). The molecular weight excluding hydrogens is 435 g/mol. The average molecular weight is 455 g/mol. The molecule has 1 aromatic carbocycles. The van der Waals surface area contributed by atoms with Crippen molar-refractivity contribution in [3.63, 3.8) is 0 Å². The van der Waals surface area contributed by atoms with Gasteiger partial charge >= 0.3 is 10.1 Å². The molecule has 0 radical (unpaired) electrons. The highest BCUT2D eigenvalue weighted by Crippen LogP contribution is 2.30. The number of hydrogen-bond donors (Lipinski definition) is 1. The van der Waals surface area contributed by atoms with E-state index in [4.69, 9.17) is 33.1 Å². The van der Waals surface area contributed by atoms with E-state index in [1.165, 1.54) is 18.2 Å². The largest absolute Gasteiger partial charge is 0.378 e. The van der Waals surface area contributed by atoms with Crippen LogP contribution in [0, 0.1) is 0 Å². The summed E-state index contributed by atoms with van der Waals surface area (Å²) < 4.78 is 33.2. The van der Waals surface area contributed by atoms with E-state index in [1.54, 1.807) is 17.0 Å². The number of benzene rings is 1. The van der Waals surface area contributed by atoms with E-state index in [2.05, 4.69) is 9.97 Å². The van der Waals surface area contributed by atoms with Crippen molar-refractivity contribution in [2.75, 3.05) is 0 Å². The Morgan fingerprint density at radius 2 is 1.76 bits per heavy atom. The van der Waals surface area contributed by atoms with Crippen LogP contribution < -0.4 is 9.92 Å². The Morgan fingerprint density at radius 1 is 1.14 bits per heavy atom. The lowest BCUT2D eigenvalue weighted by Crippen LogP contribution is -2.15. The van der Waals surface area contributed by atoms with Crippen molar-refractivity contribution in [3.05, 3.63) is 69.9 Å². The van der Waals surface area contributed by atoms with E-state index in [1.807, 2.05) is 26.0 Å². The Hall–Kier alpha value is -2.13. The second-order valence-electron chi connectivity index (χ2n) is 6.66. The number of imidazole rings is 1. The molecule has 0 spiro atoms. The second-order valence-corrected chi connectivity index (χ2v) is 9.00. The van der Waals surface area contributed by atoms with Gasteiger partial charge in [-0.1, -0.05) is 37.0 Å².